The van der Waals surface area contributed by atoms with Gasteiger partial charge in [0.1, 0.15) is 17.9 Å². The van der Waals surface area contributed by atoms with Crippen LogP contribution in [0.1, 0.15) is 38.9 Å². The Morgan fingerprint density at radius 2 is 1.71 bits per heavy atom. The van der Waals surface area contributed by atoms with Crippen molar-refractivity contribution in [2.45, 2.75) is 19.6 Å². The molecule has 3 aromatic rings. The molecule has 0 unspecified atom stereocenters. The molecule has 0 saturated carbocycles. The van der Waals surface area contributed by atoms with Crippen molar-refractivity contribution in [1.82, 2.24) is 15.1 Å². The third kappa shape index (κ3) is 6.60. The monoisotopic (exact) mass is 491 g/mol. The first kappa shape index (κ1) is 25.8. The largest absolute Gasteiger partial charge is 0.491 e. The summed E-state index contributed by atoms with van der Waals surface area (Å²) in [6.07, 6.45) is -4.03. The number of methoxy groups -OCH3 is 1. The maximum Gasteiger partial charge on any atom is 0.434 e. The smallest absolute Gasteiger partial charge is 0.434 e. The Bertz CT molecular complexity index is 1140. The molecule has 0 saturated heterocycles. The maximum atomic E-state index is 13.7. The number of nitrogens with one attached hydrogen (secondary N) is 1. The quantitative estimate of drug-likeness (QED) is 0.340. The van der Waals surface area contributed by atoms with Gasteiger partial charge in [-0.3, -0.25) is 4.79 Å². The van der Waals surface area contributed by atoms with Gasteiger partial charge in [-0.25, -0.2) is 9.48 Å². The zero-order valence-electron chi connectivity index (χ0n) is 19.1. The number of esters is 1. The first-order valence-electron chi connectivity index (χ1n) is 10.7. The molecular formula is C24H24F3N3O5. The fraction of sp³-hybridized carbons (Fsp3) is 0.292. The maximum absolute atomic E-state index is 13.7. The van der Waals surface area contributed by atoms with Gasteiger partial charge in [-0.05, 0) is 48.9 Å². The van der Waals surface area contributed by atoms with Crippen LogP contribution in [0, 0.1) is 0 Å². The van der Waals surface area contributed by atoms with E-state index in [2.05, 4.69) is 10.4 Å². The molecule has 35 heavy (non-hydrogen) atoms. The van der Waals surface area contributed by atoms with Crippen molar-refractivity contribution in [1.29, 1.82) is 0 Å². The van der Waals surface area contributed by atoms with Gasteiger partial charge >= 0.3 is 12.1 Å². The van der Waals surface area contributed by atoms with E-state index < -0.39 is 29.3 Å². The van der Waals surface area contributed by atoms with Crippen LogP contribution in [0.3, 0.4) is 0 Å². The number of carbonyl (C=O) groups excluding carboxylic acids is 2. The molecule has 0 bridgehead atoms. The summed E-state index contributed by atoms with van der Waals surface area (Å²) >= 11 is 0. The number of amides is 1. The lowest BCUT2D eigenvalue weighted by Gasteiger charge is -2.13. The van der Waals surface area contributed by atoms with Gasteiger partial charge in [0.15, 0.2) is 5.69 Å². The molecule has 0 aliphatic rings. The molecule has 0 radical (unpaired) electrons. The number of ether oxygens (including phenoxy) is 3. The fourth-order valence-corrected chi connectivity index (χ4v) is 3.16. The van der Waals surface area contributed by atoms with E-state index in [0.717, 1.165) is 11.8 Å². The Balaban J connectivity index is 1.68. The average molecular weight is 491 g/mol. The Labute approximate surface area is 199 Å². The minimum Gasteiger partial charge on any atom is -0.491 e. The molecule has 1 N–H and O–H groups in total. The SMILES string of the molecule is CCOC(=O)c1cnn(-c2ccc(C(=O)NCc3ccc(OCCOC)cc3)cc2)c1C(F)(F)F. The highest BCUT2D eigenvalue weighted by atomic mass is 19.4. The third-order valence-electron chi connectivity index (χ3n) is 4.84. The summed E-state index contributed by atoms with van der Waals surface area (Å²) in [4.78, 5) is 24.4. The summed E-state index contributed by atoms with van der Waals surface area (Å²) in [5.74, 6) is -0.840. The van der Waals surface area contributed by atoms with Gasteiger partial charge in [0.2, 0.25) is 0 Å². The number of aromatic nitrogens is 2. The van der Waals surface area contributed by atoms with Gasteiger partial charge in [0.05, 0.1) is 25.1 Å². The highest BCUT2D eigenvalue weighted by Gasteiger charge is 2.41. The van der Waals surface area contributed by atoms with Gasteiger partial charge in [-0.2, -0.15) is 18.3 Å². The number of benzene rings is 2. The molecule has 0 spiro atoms. The zero-order valence-corrected chi connectivity index (χ0v) is 19.1. The predicted molar refractivity (Wildman–Crippen MR) is 120 cm³/mol. The van der Waals surface area contributed by atoms with Gasteiger partial charge < -0.3 is 19.5 Å². The zero-order chi connectivity index (χ0) is 25.4. The van der Waals surface area contributed by atoms with E-state index in [1.807, 2.05) is 12.1 Å². The second-order valence-electron chi connectivity index (χ2n) is 7.25. The summed E-state index contributed by atoms with van der Waals surface area (Å²) in [6.45, 7) is 2.57. The van der Waals surface area contributed by atoms with Crippen molar-refractivity contribution in [3.63, 3.8) is 0 Å². The van der Waals surface area contributed by atoms with Gasteiger partial charge in [-0.15, -0.1) is 0 Å². The van der Waals surface area contributed by atoms with Crippen molar-refractivity contribution in [3.8, 4) is 11.4 Å². The minimum absolute atomic E-state index is 0.0356. The van der Waals surface area contributed by atoms with Crippen molar-refractivity contribution < 1.29 is 37.0 Å². The Morgan fingerprint density at radius 3 is 2.31 bits per heavy atom. The van der Waals surface area contributed by atoms with Crippen LogP contribution in [0.2, 0.25) is 0 Å². The standard InChI is InChI=1S/C24H24F3N3O5/c1-3-34-23(32)20-15-29-30(21(20)24(25,26)27)18-8-6-17(7-9-18)22(31)28-14-16-4-10-19(11-5-16)35-13-12-33-2/h4-11,15H,3,12-14H2,1-2H3,(H,28,31). The first-order valence-corrected chi connectivity index (χ1v) is 10.7. The normalized spacial score (nSPS) is 11.2. The highest BCUT2D eigenvalue weighted by molar-refractivity contribution is 5.94. The molecule has 0 aliphatic carbocycles. The number of alkyl halides is 3. The van der Waals surface area contributed by atoms with E-state index in [0.29, 0.717) is 23.6 Å². The molecular weight excluding hydrogens is 467 g/mol. The topological polar surface area (TPSA) is 91.7 Å². The minimum atomic E-state index is -4.85. The summed E-state index contributed by atoms with van der Waals surface area (Å²) in [6, 6.07) is 12.6. The Morgan fingerprint density at radius 1 is 1.03 bits per heavy atom. The molecule has 11 heteroatoms. The van der Waals surface area contributed by atoms with E-state index in [9.17, 15) is 22.8 Å². The van der Waals surface area contributed by atoms with E-state index >= 15 is 0 Å². The lowest BCUT2D eigenvalue weighted by atomic mass is 10.1. The second-order valence-corrected chi connectivity index (χ2v) is 7.25. The average Bonchev–Trinajstić information content (AvgIpc) is 3.30. The van der Waals surface area contributed by atoms with Crippen LogP contribution >= 0.6 is 0 Å². The summed E-state index contributed by atoms with van der Waals surface area (Å²) in [5, 5.41) is 6.47. The third-order valence-corrected chi connectivity index (χ3v) is 4.84. The van der Waals surface area contributed by atoms with Crippen molar-refractivity contribution >= 4 is 11.9 Å². The summed E-state index contributed by atoms with van der Waals surface area (Å²) < 4.78 is 56.7. The van der Waals surface area contributed by atoms with Crippen molar-refractivity contribution in [2.24, 2.45) is 0 Å². The van der Waals surface area contributed by atoms with Crippen molar-refractivity contribution in [2.75, 3.05) is 26.9 Å². The molecule has 1 aromatic heterocycles. The van der Waals surface area contributed by atoms with Crippen LogP contribution < -0.4 is 10.1 Å². The molecule has 1 amide bonds. The van der Waals surface area contributed by atoms with E-state index in [-0.39, 0.29) is 24.4 Å². The van der Waals surface area contributed by atoms with Crippen LogP contribution in [0.15, 0.2) is 54.7 Å². The molecule has 1 heterocycles. The molecule has 3 rings (SSSR count). The van der Waals surface area contributed by atoms with E-state index in [1.165, 1.54) is 31.2 Å². The molecule has 0 fully saturated rings. The molecule has 0 aliphatic heterocycles. The number of carbonyl (C=O) groups is 2. The number of halogens is 3. The Kier molecular flexibility index (Phi) is 8.48. The summed E-state index contributed by atoms with van der Waals surface area (Å²) in [7, 11) is 1.59. The van der Waals surface area contributed by atoms with Crippen LogP contribution in [0.4, 0.5) is 13.2 Å². The Hall–Kier alpha value is -3.86. The number of rotatable bonds is 10. The fourth-order valence-electron chi connectivity index (χ4n) is 3.16. The second kappa shape index (κ2) is 11.5. The number of hydrogen-bond donors (Lipinski definition) is 1. The van der Waals surface area contributed by atoms with Crippen LogP contribution in [-0.2, 0) is 22.2 Å². The van der Waals surface area contributed by atoms with Crippen LogP contribution in [0.5, 0.6) is 5.75 Å². The predicted octanol–water partition coefficient (Wildman–Crippen LogP) is 4.02. The molecule has 186 valence electrons. The van der Waals surface area contributed by atoms with Crippen LogP contribution in [0.25, 0.3) is 5.69 Å². The van der Waals surface area contributed by atoms with Gasteiger partial charge in [-0.1, -0.05) is 12.1 Å². The number of hydrogen-bond acceptors (Lipinski definition) is 6. The van der Waals surface area contributed by atoms with Gasteiger partial charge in [0.25, 0.3) is 5.91 Å². The first-order chi connectivity index (χ1) is 16.7. The molecule has 8 nitrogen and oxygen atoms in total. The number of nitrogens with zero attached hydrogens (tertiary/aromatic N) is 2. The highest BCUT2D eigenvalue weighted by Crippen LogP contribution is 2.34. The van der Waals surface area contributed by atoms with Crippen LogP contribution in [-0.4, -0.2) is 48.6 Å². The summed E-state index contributed by atoms with van der Waals surface area (Å²) in [5.41, 5.74) is -0.806. The van der Waals surface area contributed by atoms with Gasteiger partial charge in [0, 0.05) is 19.2 Å². The van der Waals surface area contributed by atoms with E-state index in [4.69, 9.17) is 14.2 Å². The van der Waals surface area contributed by atoms with E-state index in [1.54, 1.807) is 19.2 Å². The van der Waals surface area contributed by atoms with Crippen molar-refractivity contribution in [3.05, 3.63) is 77.1 Å². The lowest BCUT2D eigenvalue weighted by Crippen LogP contribution is -2.23. The molecule has 0 atom stereocenters. The molecule has 2 aromatic carbocycles. The lowest BCUT2D eigenvalue weighted by molar-refractivity contribution is -0.143.